The second-order valence-electron chi connectivity index (χ2n) is 6.74. The van der Waals surface area contributed by atoms with Crippen molar-refractivity contribution in [3.8, 4) is 5.75 Å². The molecule has 140 valence electrons. The molecule has 2 aliphatic heterocycles. The highest BCUT2D eigenvalue weighted by Crippen LogP contribution is 2.39. The van der Waals surface area contributed by atoms with Gasteiger partial charge in [-0.3, -0.25) is 19.7 Å². The van der Waals surface area contributed by atoms with Gasteiger partial charge in [0.2, 0.25) is 16.9 Å². The summed E-state index contributed by atoms with van der Waals surface area (Å²) in [7, 11) is 0. The average Bonchev–Trinajstić information content (AvgIpc) is 3.11. The van der Waals surface area contributed by atoms with Crippen LogP contribution < -0.4 is 10.1 Å². The van der Waals surface area contributed by atoms with Crippen LogP contribution in [-0.4, -0.2) is 51.4 Å². The van der Waals surface area contributed by atoms with E-state index in [0.717, 1.165) is 0 Å². The van der Waals surface area contributed by atoms with Crippen LogP contribution in [0.25, 0.3) is 0 Å². The van der Waals surface area contributed by atoms with Gasteiger partial charge in [0.05, 0.1) is 18.5 Å². The quantitative estimate of drug-likeness (QED) is 0.864. The molecular weight excluding hydrogens is 368 g/mol. The van der Waals surface area contributed by atoms with Crippen LogP contribution in [0.4, 0.5) is 5.13 Å². The molecule has 4 rings (SSSR count). The van der Waals surface area contributed by atoms with Crippen LogP contribution in [0.5, 0.6) is 5.75 Å². The Hall–Kier alpha value is -2.81. The van der Waals surface area contributed by atoms with Crippen molar-refractivity contribution in [2.45, 2.75) is 31.3 Å². The molecule has 1 spiro atoms. The smallest absolute Gasteiger partial charge is 0.245 e. The molecule has 0 saturated carbocycles. The number of hydrogen-bond acceptors (Lipinski definition) is 7. The number of fused-ring (bicyclic) bond motifs is 1. The lowest BCUT2D eigenvalue weighted by Gasteiger charge is -2.37. The summed E-state index contributed by atoms with van der Waals surface area (Å²) >= 11 is 1.21. The third-order valence-corrected chi connectivity index (χ3v) is 5.53. The minimum Gasteiger partial charge on any atom is -0.486 e. The number of nitrogens with zero attached hydrogens (tertiary/aromatic N) is 3. The molecule has 27 heavy (non-hydrogen) atoms. The minimum atomic E-state index is -0.689. The maximum absolute atomic E-state index is 12.5. The van der Waals surface area contributed by atoms with Gasteiger partial charge in [0.15, 0.2) is 5.78 Å². The van der Waals surface area contributed by atoms with E-state index in [-0.39, 0.29) is 37.0 Å². The number of carbonyl (C=O) groups is 3. The van der Waals surface area contributed by atoms with Gasteiger partial charge < -0.3 is 9.64 Å². The van der Waals surface area contributed by atoms with Crippen LogP contribution in [0.1, 0.15) is 36.0 Å². The Balaban J connectivity index is 1.44. The molecule has 1 aromatic carbocycles. The molecule has 0 radical (unpaired) electrons. The van der Waals surface area contributed by atoms with Crippen molar-refractivity contribution in [2.75, 3.05) is 18.4 Å². The summed E-state index contributed by atoms with van der Waals surface area (Å²) in [6.07, 6.45) is 1.45. The normalized spacial score (nSPS) is 22.1. The number of benzene rings is 1. The first kappa shape index (κ1) is 17.6. The van der Waals surface area contributed by atoms with Gasteiger partial charge in [0.25, 0.3) is 0 Å². The van der Waals surface area contributed by atoms with Gasteiger partial charge in [-0.1, -0.05) is 23.5 Å². The van der Waals surface area contributed by atoms with Crippen LogP contribution in [0.3, 0.4) is 0 Å². The van der Waals surface area contributed by atoms with Gasteiger partial charge in [0.1, 0.15) is 16.9 Å². The summed E-state index contributed by atoms with van der Waals surface area (Å²) in [6, 6.07) is 7.19. The predicted octanol–water partition coefficient (Wildman–Crippen LogP) is 1.89. The third-order valence-electron chi connectivity index (χ3n) is 4.92. The molecule has 0 aliphatic carbocycles. The van der Waals surface area contributed by atoms with E-state index in [0.29, 0.717) is 35.8 Å². The number of rotatable bonds is 3. The molecule has 9 heteroatoms. The fourth-order valence-electron chi connectivity index (χ4n) is 3.53. The van der Waals surface area contributed by atoms with Gasteiger partial charge in [-0.15, -0.1) is 10.2 Å². The molecule has 1 aromatic heterocycles. The zero-order chi connectivity index (χ0) is 18.9. The van der Waals surface area contributed by atoms with Gasteiger partial charge in [0, 0.05) is 19.4 Å². The van der Waals surface area contributed by atoms with Crippen molar-refractivity contribution in [3.63, 3.8) is 0 Å². The minimum absolute atomic E-state index is 0.0340. The molecule has 3 heterocycles. The van der Waals surface area contributed by atoms with Crippen LogP contribution in [0, 0.1) is 0 Å². The maximum Gasteiger partial charge on any atom is 0.245 e. The van der Waals surface area contributed by atoms with Crippen molar-refractivity contribution in [1.29, 1.82) is 0 Å². The first-order valence-electron chi connectivity index (χ1n) is 8.70. The Morgan fingerprint density at radius 3 is 2.96 bits per heavy atom. The number of ketones is 1. The van der Waals surface area contributed by atoms with E-state index in [2.05, 4.69) is 15.5 Å². The molecule has 0 unspecified atom stereocenters. The zero-order valence-electron chi connectivity index (χ0n) is 14.5. The summed E-state index contributed by atoms with van der Waals surface area (Å²) in [5.74, 6) is 0.173. The molecule has 0 bridgehead atoms. The monoisotopic (exact) mass is 386 g/mol. The number of ether oxygens (including phenoxy) is 1. The van der Waals surface area contributed by atoms with Crippen LogP contribution in [-0.2, 0) is 9.59 Å². The molecule has 1 fully saturated rings. The molecule has 1 atom stereocenters. The van der Waals surface area contributed by atoms with Crippen molar-refractivity contribution < 1.29 is 19.1 Å². The lowest BCUT2D eigenvalue weighted by molar-refractivity contribution is -0.134. The summed E-state index contributed by atoms with van der Waals surface area (Å²) < 4.78 is 6.18. The number of para-hydroxylation sites is 1. The Morgan fingerprint density at radius 2 is 2.15 bits per heavy atom. The van der Waals surface area contributed by atoms with E-state index in [1.54, 1.807) is 12.1 Å². The fourth-order valence-corrected chi connectivity index (χ4v) is 3.99. The fraction of sp³-hybridized carbons (Fsp3) is 0.389. The van der Waals surface area contributed by atoms with E-state index in [4.69, 9.17) is 4.74 Å². The number of hydrogen-bond donors (Lipinski definition) is 1. The molecule has 1 N–H and O–H groups in total. The summed E-state index contributed by atoms with van der Waals surface area (Å²) in [4.78, 5) is 38.7. The SMILES string of the molecule is O=C(CN1CC[C@@]2(CCC1=O)CC(=O)c1ccccc1O2)Nc1nncs1. The van der Waals surface area contributed by atoms with Gasteiger partial charge >= 0.3 is 0 Å². The third kappa shape index (κ3) is 3.68. The highest BCUT2D eigenvalue weighted by atomic mass is 32.1. The maximum atomic E-state index is 12.5. The van der Waals surface area contributed by atoms with Gasteiger partial charge in [-0.2, -0.15) is 0 Å². The lowest BCUT2D eigenvalue weighted by Crippen LogP contribution is -2.43. The summed E-state index contributed by atoms with van der Waals surface area (Å²) in [6.45, 7) is 0.302. The molecule has 2 aromatic rings. The van der Waals surface area contributed by atoms with Crippen molar-refractivity contribution in [2.24, 2.45) is 0 Å². The number of aromatic nitrogens is 2. The van der Waals surface area contributed by atoms with Crippen LogP contribution in [0.15, 0.2) is 29.8 Å². The molecule has 8 nitrogen and oxygen atoms in total. The average molecular weight is 386 g/mol. The van der Waals surface area contributed by atoms with Crippen molar-refractivity contribution >= 4 is 34.1 Å². The van der Waals surface area contributed by atoms with E-state index >= 15 is 0 Å². The van der Waals surface area contributed by atoms with Crippen LogP contribution in [0.2, 0.25) is 0 Å². The Labute approximate surface area is 159 Å². The second kappa shape index (κ2) is 7.07. The second-order valence-corrected chi connectivity index (χ2v) is 7.57. The summed E-state index contributed by atoms with van der Waals surface area (Å²) in [5, 5.41) is 10.4. The van der Waals surface area contributed by atoms with Gasteiger partial charge in [-0.05, 0) is 18.6 Å². The largest absolute Gasteiger partial charge is 0.486 e. The standard InChI is InChI=1S/C18H18N4O4S/c23-13-9-18(26-14-4-2-1-3-12(13)14)6-5-16(25)22(8-7-18)10-15(24)20-17-21-19-11-27-17/h1-4,11H,5-10H2,(H,20,21,24)/t18-/m0/s1. The predicted molar refractivity (Wildman–Crippen MR) is 97.7 cm³/mol. The van der Waals surface area contributed by atoms with Crippen LogP contribution >= 0.6 is 11.3 Å². The number of amides is 2. The number of Topliss-reactive ketones (excluding diaryl/α,β-unsaturated/α-hetero) is 1. The number of likely N-dealkylation sites (tertiary alicyclic amines) is 1. The highest BCUT2D eigenvalue weighted by Gasteiger charge is 2.43. The first-order valence-corrected chi connectivity index (χ1v) is 9.58. The zero-order valence-corrected chi connectivity index (χ0v) is 15.3. The van der Waals surface area contributed by atoms with Gasteiger partial charge in [-0.25, -0.2) is 0 Å². The number of carbonyl (C=O) groups excluding carboxylic acids is 3. The first-order chi connectivity index (χ1) is 13.0. The topological polar surface area (TPSA) is 101 Å². The Morgan fingerprint density at radius 1 is 1.30 bits per heavy atom. The van der Waals surface area contributed by atoms with Crippen molar-refractivity contribution in [1.82, 2.24) is 15.1 Å². The number of anilines is 1. The van der Waals surface area contributed by atoms with E-state index in [9.17, 15) is 14.4 Å². The van der Waals surface area contributed by atoms with Crippen molar-refractivity contribution in [3.05, 3.63) is 35.3 Å². The van der Waals surface area contributed by atoms with E-state index in [1.807, 2.05) is 12.1 Å². The Kier molecular flexibility index (Phi) is 4.61. The lowest BCUT2D eigenvalue weighted by atomic mass is 9.84. The van der Waals surface area contributed by atoms with E-state index < -0.39 is 5.60 Å². The molecule has 2 aliphatic rings. The molecule has 1 saturated heterocycles. The van der Waals surface area contributed by atoms with E-state index in [1.165, 1.54) is 21.7 Å². The highest BCUT2D eigenvalue weighted by molar-refractivity contribution is 7.13. The molecular formula is C18H18N4O4S. The Bertz CT molecular complexity index is 885. The summed E-state index contributed by atoms with van der Waals surface area (Å²) in [5.41, 5.74) is 1.42. The number of nitrogens with one attached hydrogen (secondary N) is 1. The molecule has 2 amide bonds.